The van der Waals surface area contributed by atoms with Gasteiger partial charge < -0.3 is 24.8 Å². The van der Waals surface area contributed by atoms with Crippen LogP contribution >= 0.6 is 0 Å². The van der Waals surface area contributed by atoms with Gasteiger partial charge in [-0.25, -0.2) is 0 Å². The summed E-state index contributed by atoms with van der Waals surface area (Å²) in [5, 5.41) is 0. The van der Waals surface area contributed by atoms with Crippen molar-refractivity contribution in [3.63, 3.8) is 0 Å². The summed E-state index contributed by atoms with van der Waals surface area (Å²) in [6.07, 6.45) is 6.23. The maximum absolute atomic E-state index is 4.31. The Bertz CT molecular complexity index is 452. The summed E-state index contributed by atoms with van der Waals surface area (Å²) in [7, 11) is 0. The molecule has 0 aromatic carbocycles. The Kier molecular flexibility index (Phi) is 13.0. The number of nitrogens with zero attached hydrogens (tertiary/aromatic N) is 3. The smallest absolute Gasteiger partial charge is 1.00 e. The van der Waals surface area contributed by atoms with E-state index in [1.165, 1.54) is 0 Å². The van der Waals surface area contributed by atoms with E-state index in [-0.39, 0.29) is 41.9 Å². The van der Waals surface area contributed by atoms with Crippen molar-refractivity contribution in [2.45, 2.75) is 6.42 Å². The number of hydrogen-bond donors (Lipinski definition) is 0. The number of halogens is 2. The Balaban J connectivity index is 0. The van der Waals surface area contributed by atoms with Crippen molar-refractivity contribution in [3.05, 3.63) is 60.2 Å². The molecule has 0 saturated heterocycles. The van der Waals surface area contributed by atoms with Crippen LogP contribution < -0.4 is 24.8 Å². The normalized spacial score (nSPS) is 9.05. The minimum Gasteiger partial charge on any atom is -1.00 e. The fourth-order valence-corrected chi connectivity index (χ4v) is 1.34. The predicted molar refractivity (Wildman–Crippen MR) is 64.6 cm³/mol. The van der Waals surface area contributed by atoms with Gasteiger partial charge in [0.1, 0.15) is 0 Å². The summed E-state index contributed by atoms with van der Waals surface area (Å²) in [6.45, 7) is 0.744. The van der Waals surface area contributed by atoms with Crippen LogP contribution in [0.2, 0.25) is 0 Å². The molecule has 0 atom stereocenters. The zero-order chi connectivity index (χ0) is 11.1. The maximum Gasteiger partial charge on any atom is 2.00 e. The number of pyridine rings is 2. The first-order valence-corrected chi connectivity index (χ1v) is 5.26. The van der Waals surface area contributed by atoms with Gasteiger partial charge in [-0.2, -0.15) is 0 Å². The largest absolute Gasteiger partial charge is 2.00 e. The van der Waals surface area contributed by atoms with Crippen molar-refractivity contribution in [2.24, 2.45) is 4.99 Å². The van der Waals surface area contributed by atoms with Crippen LogP contribution in [0, 0.1) is 0 Å². The van der Waals surface area contributed by atoms with E-state index in [1.807, 2.05) is 36.4 Å². The van der Waals surface area contributed by atoms with Gasteiger partial charge in [0.05, 0.1) is 5.69 Å². The number of aliphatic imine (C=N–C) groups is 1. The van der Waals surface area contributed by atoms with Gasteiger partial charge in [0.2, 0.25) is 0 Å². The Morgan fingerprint density at radius 1 is 0.947 bits per heavy atom. The molecule has 0 aliphatic carbocycles. The van der Waals surface area contributed by atoms with Gasteiger partial charge in [0, 0.05) is 37.3 Å². The minimum atomic E-state index is 0. The van der Waals surface area contributed by atoms with Crippen LogP contribution in [0.4, 0.5) is 0 Å². The quantitative estimate of drug-likeness (QED) is 0.420. The average molecular weight is 346 g/mol. The first kappa shape index (κ1) is 20.4. The summed E-state index contributed by atoms with van der Waals surface area (Å²) in [5.74, 6) is 0. The molecule has 0 aliphatic heterocycles. The molecule has 3 nitrogen and oxygen atoms in total. The summed E-state index contributed by atoms with van der Waals surface area (Å²) in [5.41, 5.74) is 1.96. The molecular weight excluding hydrogens is 333 g/mol. The van der Waals surface area contributed by atoms with E-state index in [0.717, 1.165) is 24.4 Å². The van der Waals surface area contributed by atoms with Gasteiger partial charge in [-0.1, -0.05) is 12.1 Å². The third-order valence-corrected chi connectivity index (χ3v) is 2.13. The van der Waals surface area contributed by atoms with E-state index in [2.05, 4.69) is 15.0 Å². The molecule has 2 rings (SSSR count). The topological polar surface area (TPSA) is 38.1 Å². The molecule has 105 valence electrons. The minimum absolute atomic E-state index is 0. The molecule has 0 spiro atoms. The standard InChI is InChI=1S/C13H13N3.2ClH.Cu/c1-3-8-15-12(5-1)7-10-14-11-13-6-2-4-9-16-13;;;/h1-6,8-9,11H,7,10H2;2*1H;/q;;;+2/p-2. The van der Waals surface area contributed by atoms with Gasteiger partial charge in [0.15, 0.2) is 0 Å². The molecule has 0 N–H and O–H groups in total. The SMILES string of the molecule is C(=NCCc1ccccn1)c1ccccn1.[Cl-].[Cl-].[Cu+2]. The van der Waals surface area contributed by atoms with Crippen LogP contribution in [0.5, 0.6) is 0 Å². The third-order valence-electron chi connectivity index (χ3n) is 2.13. The Labute approximate surface area is 136 Å². The molecule has 0 saturated carbocycles. The van der Waals surface area contributed by atoms with E-state index < -0.39 is 0 Å². The summed E-state index contributed by atoms with van der Waals surface area (Å²) >= 11 is 0. The zero-order valence-electron chi connectivity index (χ0n) is 10.0. The van der Waals surface area contributed by atoms with Crippen LogP contribution in [0.25, 0.3) is 0 Å². The van der Waals surface area contributed by atoms with E-state index in [9.17, 15) is 0 Å². The van der Waals surface area contributed by atoms with Crippen molar-refractivity contribution in [3.8, 4) is 0 Å². The molecular formula is C13H13Cl2CuN3. The van der Waals surface area contributed by atoms with Crippen LogP contribution in [0.1, 0.15) is 11.4 Å². The molecule has 6 heteroatoms. The first-order chi connectivity index (χ1) is 7.95. The van der Waals surface area contributed by atoms with E-state index >= 15 is 0 Å². The first-order valence-electron chi connectivity index (χ1n) is 5.26. The second-order valence-electron chi connectivity index (χ2n) is 3.36. The monoisotopic (exact) mass is 344 g/mol. The van der Waals surface area contributed by atoms with Crippen molar-refractivity contribution < 1.29 is 41.9 Å². The van der Waals surface area contributed by atoms with E-state index in [1.54, 1.807) is 18.6 Å². The zero-order valence-corrected chi connectivity index (χ0v) is 12.5. The molecule has 0 aliphatic rings. The Morgan fingerprint density at radius 3 is 2.21 bits per heavy atom. The molecule has 19 heavy (non-hydrogen) atoms. The molecule has 0 fully saturated rings. The average Bonchev–Trinajstić information content (AvgIpc) is 2.37. The van der Waals surface area contributed by atoms with Crippen LogP contribution in [-0.2, 0) is 23.5 Å². The fraction of sp³-hybridized carbons (Fsp3) is 0.154. The second kappa shape index (κ2) is 12.1. The number of hydrogen-bond acceptors (Lipinski definition) is 3. The predicted octanol–water partition coefficient (Wildman–Crippen LogP) is -3.86. The molecule has 2 aromatic rings. The molecule has 0 amide bonds. The van der Waals surface area contributed by atoms with Crippen LogP contribution in [0.3, 0.4) is 0 Å². The van der Waals surface area contributed by atoms with Gasteiger partial charge in [-0.3, -0.25) is 15.0 Å². The van der Waals surface area contributed by atoms with Gasteiger partial charge >= 0.3 is 17.1 Å². The number of rotatable bonds is 4. The van der Waals surface area contributed by atoms with E-state index in [4.69, 9.17) is 0 Å². The van der Waals surface area contributed by atoms with Crippen molar-refractivity contribution in [2.75, 3.05) is 6.54 Å². The molecule has 0 bridgehead atoms. The van der Waals surface area contributed by atoms with Gasteiger partial charge in [-0.15, -0.1) is 0 Å². The van der Waals surface area contributed by atoms with Crippen molar-refractivity contribution in [1.29, 1.82) is 0 Å². The van der Waals surface area contributed by atoms with Gasteiger partial charge in [0.25, 0.3) is 0 Å². The second-order valence-corrected chi connectivity index (χ2v) is 3.36. The fourth-order valence-electron chi connectivity index (χ4n) is 1.34. The Hall–Kier alpha value is -0.931. The molecule has 2 heterocycles. The number of aromatic nitrogens is 2. The summed E-state index contributed by atoms with van der Waals surface area (Å²) in [4.78, 5) is 12.7. The Morgan fingerprint density at radius 2 is 1.63 bits per heavy atom. The van der Waals surface area contributed by atoms with Crippen LogP contribution in [0.15, 0.2) is 53.8 Å². The van der Waals surface area contributed by atoms with Crippen molar-refractivity contribution in [1.82, 2.24) is 9.97 Å². The molecule has 1 radical (unpaired) electrons. The molecule has 0 unspecified atom stereocenters. The third kappa shape index (κ3) is 7.96. The molecule has 2 aromatic heterocycles. The maximum atomic E-state index is 4.31. The summed E-state index contributed by atoms with van der Waals surface area (Å²) in [6, 6.07) is 11.7. The van der Waals surface area contributed by atoms with Crippen molar-refractivity contribution >= 4 is 6.21 Å². The van der Waals surface area contributed by atoms with E-state index in [0.29, 0.717) is 0 Å². The summed E-state index contributed by atoms with van der Waals surface area (Å²) < 4.78 is 0. The van der Waals surface area contributed by atoms with Crippen LogP contribution in [-0.4, -0.2) is 22.7 Å². The van der Waals surface area contributed by atoms with Gasteiger partial charge in [-0.05, 0) is 24.3 Å².